The van der Waals surface area contributed by atoms with Gasteiger partial charge in [-0.25, -0.2) is 0 Å². The van der Waals surface area contributed by atoms with E-state index in [0.717, 1.165) is 6.54 Å². The van der Waals surface area contributed by atoms with Gasteiger partial charge in [0.15, 0.2) is 0 Å². The van der Waals surface area contributed by atoms with Crippen LogP contribution in [-0.4, -0.2) is 9.13 Å². The maximum absolute atomic E-state index is 2.48. The fraction of sp³-hybridized carbons (Fsp3) is 0.111. The van der Waals surface area contributed by atoms with E-state index >= 15 is 0 Å². The maximum Gasteiger partial charge on any atom is 0.0499 e. The van der Waals surface area contributed by atoms with Crippen LogP contribution < -0.4 is 0 Å². The molecule has 138 valence electrons. The van der Waals surface area contributed by atoms with Gasteiger partial charge in [0.05, 0.1) is 0 Å². The molecule has 29 heavy (non-hydrogen) atoms. The van der Waals surface area contributed by atoms with Crippen LogP contribution in [0.25, 0.3) is 65.2 Å². The lowest BCUT2D eigenvalue weighted by Gasteiger charge is -2.07. The van der Waals surface area contributed by atoms with Crippen LogP contribution in [0.3, 0.4) is 0 Å². The second-order valence-corrected chi connectivity index (χ2v) is 8.10. The Hall–Kier alpha value is -3.52. The number of fused-ring (bicyclic) bond motifs is 3. The SMILES string of the molecule is CCn1c2cccc3c4ccccc4c4cccc5c4c4c(c32)c1ccc4n5C. The van der Waals surface area contributed by atoms with E-state index < -0.39 is 0 Å². The molecule has 0 unspecified atom stereocenters. The van der Waals surface area contributed by atoms with Gasteiger partial charge in [0.1, 0.15) is 0 Å². The summed E-state index contributed by atoms with van der Waals surface area (Å²) in [6.45, 7) is 3.21. The third-order valence-electron chi connectivity index (χ3n) is 6.87. The van der Waals surface area contributed by atoms with Crippen molar-refractivity contribution in [3.8, 4) is 0 Å². The third-order valence-corrected chi connectivity index (χ3v) is 6.87. The predicted octanol–water partition coefficient (Wildman–Crippen LogP) is 7.20. The summed E-state index contributed by atoms with van der Waals surface area (Å²) in [4.78, 5) is 0. The maximum atomic E-state index is 2.48. The summed E-state index contributed by atoms with van der Waals surface area (Å²) in [5.41, 5.74) is 5.28. The Bertz CT molecular complexity index is 1740. The fourth-order valence-electron chi connectivity index (χ4n) is 5.70. The smallest absolute Gasteiger partial charge is 0.0499 e. The van der Waals surface area contributed by atoms with Gasteiger partial charge < -0.3 is 9.13 Å². The Morgan fingerprint density at radius 1 is 0.517 bits per heavy atom. The monoisotopic (exact) mass is 372 g/mol. The van der Waals surface area contributed by atoms with Crippen LogP contribution in [0.4, 0.5) is 0 Å². The molecule has 0 aliphatic carbocycles. The van der Waals surface area contributed by atoms with Crippen molar-refractivity contribution in [3.05, 3.63) is 72.8 Å². The molecule has 0 aliphatic rings. The van der Waals surface area contributed by atoms with Crippen molar-refractivity contribution < 1.29 is 0 Å². The molecule has 0 radical (unpaired) electrons. The van der Waals surface area contributed by atoms with E-state index in [0.29, 0.717) is 0 Å². The van der Waals surface area contributed by atoms with Crippen LogP contribution >= 0.6 is 0 Å². The first-order valence-electron chi connectivity index (χ1n) is 10.3. The summed E-state index contributed by atoms with van der Waals surface area (Å²) in [5, 5.41) is 10.9. The minimum Gasteiger partial charge on any atom is -0.344 e. The van der Waals surface area contributed by atoms with Gasteiger partial charge in [-0.05, 0) is 52.7 Å². The van der Waals surface area contributed by atoms with Crippen LogP contribution in [0, 0.1) is 0 Å². The lowest BCUT2D eigenvalue weighted by Crippen LogP contribution is -1.92. The largest absolute Gasteiger partial charge is 0.344 e. The lowest BCUT2D eigenvalue weighted by atomic mass is 9.95. The number of hydrogen-bond acceptors (Lipinski definition) is 0. The number of nitrogens with zero attached hydrogens (tertiary/aromatic N) is 2. The molecular weight excluding hydrogens is 352 g/mol. The molecule has 0 saturated carbocycles. The van der Waals surface area contributed by atoms with E-state index in [9.17, 15) is 0 Å². The quantitative estimate of drug-likeness (QED) is 0.288. The van der Waals surface area contributed by atoms with E-state index in [1.807, 2.05) is 0 Å². The minimum absolute atomic E-state index is 0.966. The standard InChI is InChI=1S/C27H20N2/c1-3-29-22-13-7-11-19-17-9-5-4-8-16(17)18-10-6-12-20-24(18)26-21(28(20)2)14-15-23(29)27(26)25(19)22/h4-15H,3H2,1-2H3. The van der Waals surface area contributed by atoms with Gasteiger partial charge in [-0.15, -0.1) is 0 Å². The van der Waals surface area contributed by atoms with Crippen LogP contribution in [0.15, 0.2) is 72.8 Å². The molecule has 0 N–H and O–H groups in total. The average molecular weight is 372 g/mol. The summed E-state index contributed by atoms with van der Waals surface area (Å²) in [5.74, 6) is 0. The zero-order valence-electron chi connectivity index (χ0n) is 16.5. The zero-order chi connectivity index (χ0) is 19.3. The Kier molecular flexibility index (Phi) is 2.71. The molecule has 5 aromatic carbocycles. The molecular formula is C27H20N2. The van der Waals surface area contributed by atoms with Gasteiger partial charge in [0, 0.05) is 57.2 Å². The first-order valence-corrected chi connectivity index (χ1v) is 10.3. The minimum atomic E-state index is 0.966. The highest BCUT2D eigenvalue weighted by molar-refractivity contribution is 6.38. The summed E-state index contributed by atoms with van der Waals surface area (Å²) < 4.78 is 4.84. The summed E-state index contributed by atoms with van der Waals surface area (Å²) >= 11 is 0. The molecule has 2 nitrogen and oxygen atoms in total. The number of rotatable bonds is 1. The van der Waals surface area contributed by atoms with Crippen LogP contribution in [0.2, 0.25) is 0 Å². The van der Waals surface area contributed by atoms with Crippen molar-refractivity contribution in [2.45, 2.75) is 13.5 Å². The van der Waals surface area contributed by atoms with Gasteiger partial charge >= 0.3 is 0 Å². The van der Waals surface area contributed by atoms with Crippen molar-refractivity contribution in [1.29, 1.82) is 0 Å². The molecule has 7 rings (SSSR count). The zero-order valence-corrected chi connectivity index (χ0v) is 16.5. The van der Waals surface area contributed by atoms with E-state index in [-0.39, 0.29) is 0 Å². The molecule has 7 aromatic rings. The van der Waals surface area contributed by atoms with Gasteiger partial charge in [-0.3, -0.25) is 0 Å². The van der Waals surface area contributed by atoms with Crippen LogP contribution in [-0.2, 0) is 13.6 Å². The van der Waals surface area contributed by atoms with Crippen LogP contribution in [0.5, 0.6) is 0 Å². The van der Waals surface area contributed by atoms with Gasteiger partial charge in [0.25, 0.3) is 0 Å². The lowest BCUT2D eigenvalue weighted by molar-refractivity contribution is 0.827. The molecule has 0 atom stereocenters. The molecule has 0 spiro atoms. The highest BCUT2D eigenvalue weighted by atomic mass is 15.0. The Morgan fingerprint density at radius 2 is 1.00 bits per heavy atom. The fourth-order valence-corrected chi connectivity index (χ4v) is 5.70. The van der Waals surface area contributed by atoms with E-state index in [4.69, 9.17) is 0 Å². The summed E-state index contributed by atoms with van der Waals surface area (Å²) in [7, 11) is 2.20. The number of hydrogen-bond donors (Lipinski definition) is 0. The van der Waals surface area contributed by atoms with Crippen molar-refractivity contribution in [2.24, 2.45) is 7.05 Å². The number of benzene rings is 4. The van der Waals surface area contributed by atoms with Gasteiger partial charge in [0.2, 0.25) is 0 Å². The van der Waals surface area contributed by atoms with Crippen LogP contribution in [0.1, 0.15) is 6.92 Å². The molecule has 2 heterocycles. The molecule has 0 amide bonds. The van der Waals surface area contributed by atoms with Crippen molar-refractivity contribution in [1.82, 2.24) is 9.13 Å². The van der Waals surface area contributed by atoms with Gasteiger partial charge in [-0.1, -0.05) is 48.5 Å². The average Bonchev–Trinajstić information content (AvgIpc) is 3.25. The number of aromatic nitrogens is 2. The first-order chi connectivity index (χ1) is 14.3. The van der Waals surface area contributed by atoms with E-state index in [1.165, 1.54) is 65.2 Å². The van der Waals surface area contributed by atoms with E-state index in [2.05, 4.69) is 95.9 Å². The van der Waals surface area contributed by atoms with Crippen molar-refractivity contribution in [2.75, 3.05) is 0 Å². The first kappa shape index (κ1) is 15.4. The second kappa shape index (κ2) is 5.09. The summed E-state index contributed by atoms with van der Waals surface area (Å²) in [6.07, 6.45) is 0. The van der Waals surface area contributed by atoms with Crippen molar-refractivity contribution in [3.63, 3.8) is 0 Å². The highest BCUT2D eigenvalue weighted by Gasteiger charge is 2.21. The normalized spacial score (nSPS) is 12.6. The Labute approximate surface area is 167 Å². The Morgan fingerprint density at radius 3 is 1.69 bits per heavy atom. The molecule has 2 aromatic heterocycles. The topological polar surface area (TPSA) is 9.86 Å². The summed E-state index contributed by atoms with van der Waals surface area (Å²) in [6, 6.07) is 27.1. The molecule has 0 fully saturated rings. The van der Waals surface area contributed by atoms with E-state index in [1.54, 1.807) is 0 Å². The third kappa shape index (κ3) is 1.65. The van der Waals surface area contributed by atoms with Gasteiger partial charge in [-0.2, -0.15) is 0 Å². The Balaban J connectivity index is 2.05. The molecule has 0 bridgehead atoms. The molecule has 0 saturated heterocycles. The van der Waals surface area contributed by atoms with Crippen molar-refractivity contribution >= 4 is 65.2 Å². The highest BCUT2D eigenvalue weighted by Crippen LogP contribution is 2.45. The predicted molar refractivity (Wildman–Crippen MR) is 125 cm³/mol. The molecule has 2 heteroatoms. The number of aryl methyl sites for hydroxylation is 2. The molecule has 0 aliphatic heterocycles. The second-order valence-electron chi connectivity index (χ2n) is 8.10.